The van der Waals surface area contributed by atoms with Crippen LogP contribution in [0.25, 0.3) is 0 Å². The van der Waals surface area contributed by atoms with Crippen LogP contribution in [0.1, 0.15) is 33.3 Å². The summed E-state index contributed by atoms with van der Waals surface area (Å²) in [4.78, 5) is 14.2. The molecule has 29 heavy (non-hydrogen) atoms. The summed E-state index contributed by atoms with van der Waals surface area (Å²) in [6.07, 6.45) is 1.89. The monoisotopic (exact) mass is 406 g/mol. The molecule has 1 aromatic rings. The van der Waals surface area contributed by atoms with Crippen molar-refractivity contribution in [2.45, 2.75) is 45.7 Å². The van der Waals surface area contributed by atoms with E-state index in [2.05, 4.69) is 53.1 Å². The second-order valence-electron chi connectivity index (χ2n) is 9.26. The fraction of sp³-hybridized carbons (Fsp3) is 0.810. The molecule has 1 aromatic heterocycles. The summed E-state index contributed by atoms with van der Waals surface area (Å²) in [5, 5.41) is 6.99. The van der Waals surface area contributed by atoms with Crippen LogP contribution in [0.3, 0.4) is 0 Å². The van der Waals surface area contributed by atoms with Crippen LogP contribution in [0.5, 0.6) is 0 Å². The third-order valence-electron chi connectivity index (χ3n) is 6.07. The number of aryl methyl sites for hydroxylation is 1. The highest BCUT2D eigenvalue weighted by Crippen LogP contribution is 2.20. The molecule has 3 rings (SSSR count). The van der Waals surface area contributed by atoms with E-state index < -0.39 is 0 Å². The van der Waals surface area contributed by atoms with E-state index in [4.69, 9.17) is 14.5 Å². The zero-order valence-corrected chi connectivity index (χ0v) is 18.8. The van der Waals surface area contributed by atoms with Crippen LogP contribution in [0.4, 0.5) is 11.8 Å². The Morgan fingerprint density at radius 1 is 0.862 bits per heavy atom. The molecule has 3 heterocycles. The first-order valence-electron chi connectivity index (χ1n) is 10.7. The van der Waals surface area contributed by atoms with E-state index in [1.165, 1.54) is 0 Å². The van der Waals surface area contributed by atoms with Crippen molar-refractivity contribution in [3.05, 3.63) is 11.8 Å². The Hall–Kier alpha value is -1.48. The highest BCUT2D eigenvalue weighted by molar-refractivity contribution is 5.46. The van der Waals surface area contributed by atoms with Gasteiger partial charge in [-0.3, -0.25) is 9.80 Å². The van der Waals surface area contributed by atoms with Gasteiger partial charge in [0.1, 0.15) is 5.82 Å². The standard InChI is InChI=1S/C21H38N6O2/c1-17-14-22-19(24-16-21(4,5)27-8-12-29-13-9-27)25-18(17)23-15-20(2,3)26-6-10-28-11-7-26/h14H,6-13,15-16H2,1-5H3,(H2,22,23,24,25). The minimum Gasteiger partial charge on any atom is -0.379 e. The van der Waals surface area contributed by atoms with Crippen LogP contribution in [-0.4, -0.2) is 96.5 Å². The second-order valence-corrected chi connectivity index (χ2v) is 9.26. The highest BCUT2D eigenvalue weighted by Gasteiger charge is 2.29. The quantitative estimate of drug-likeness (QED) is 0.677. The SMILES string of the molecule is Cc1cnc(NCC(C)(C)N2CCOCC2)nc1NCC(C)(C)N1CCOCC1. The average molecular weight is 407 g/mol. The summed E-state index contributed by atoms with van der Waals surface area (Å²) in [7, 11) is 0. The molecule has 0 aliphatic carbocycles. The molecule has 0 amide bonds. The van der Waals surface area contributed by atoms with Gasteiger partial charge in [0.15, 0.2) is 0 Å². The molecular formula is C21H38N6O2. The molecule has 0 bridgehead atoms. The van der Waals surface area contributed by atoms with Crippen molar-refractivity contribution in [1.29, 1.82) is 0 Å². The third kappa shape index (κ3) is 6.01. The lowest BCUT2D eigenvalue weighted by Crippen LogP contribution is -2.53. The zero-order chi connectivity index (χ0) is 20.9. The molecule has 8 heteroatoms. The molecule has 0 saturated carbocycles. The van der Waals surface area contributed by atoms with Gasteiger partial charge in [0.05, 0.1) is 26.4 Å². The molecule has 2 N–H and O–H groups in total. The van der Waals surface area contributed by atoms with Crippen molar-refractivity contribution in [2.75, 3.05) is 76.3 Å². The van der Waals surface area contributed by atoms with Gasteiger partial charge in [-0.25, -0.2) is 4.98 Å². The first-order valence-corrected chi connectivity index (χ1v) is 10.7. The van der Waals surface area contributed by atoms with Gasteiger partial charge >= 0.3 is 0 Å². The Morgan fingerprint density at radius 3 is 1.86 bits per heavy atom. The summed E-state index contributed by atoms with van der Waals surface area (Å²) in [6.45, 7) is 19.8. The molecule has 0 unspecified atom stereocenters. The fourth-order valence-corrected chi connectivity index (χ4v) is 3.86. The van der Waals surface area contributed by atoms with E-state index in [0.717, 1.165) is 77.1 Å². The molecule has 8 nitrogen and oxygen atoms in total. The molecule has 2 saturated heterocycles. The van der Waals surface area contributed by atoms with E-state index in [1.54, 1.807) is 0 Å². The smallest absolute Gasteiger partial charge is 0.224 e. The molecule has 0 spiro atoms. The Bertz CT molecular complexity index is 655. The maximum Gasteiger partial charge on any atom is 0.224 e. The molecule has 2 aliphatic rings. The van der Waals surface area contributed by atoms with Gasteiger partial charge in [-0.15, -0.1) is 0 Å². The lowest BCUT2D eigenvalue weighted by atomic mass is 10.0. The molecule has 0 radical (unpaired) electrons. The maximum atomic E-state index is 5.49. The molecule has 2 aliphatic heterocycles. The van der Waals surface area contributed by atoms with Crippen LogP contribution < -0.4 is 10.6 Å². The maximum absolute atomic E-state index is 5.49. The number of anilines is 2. The molecule has 2 fully saturated rings. The van der Waals surface area contributed by atoms with Crippen LogP contribution in [-0.2, 0) is 9.47 Å². The highest BCUT2D eigenvalue weighted by atomic mass is 16.5. The Kier molecular flexibility index (Phi) is 7.32. The summed E-state index contributed by atoms with van der Waals surface area (Å²) in [6, 6.07) is 0. The number of hydrogen-bond donors (Lipinski definition) is 2. The molecule has 0 atom stereocenters. The van der Waals surface area contributed by atoms with Gasteiger partial charge in [-0.05, 0) is 34.6 Å². The summed E-state index contributed by atoms with van der Waals surface area (Å²) in [5.41, 5.74) is 1.11. The lowest BCUT2D eigenvalue weighted by molar-refractivity contribution is -0.00577. The Morgan fingerprint density at radius 2 is 1.34 bits per heavy atom. The number of rotatable bonds is 8. The van der Waals surface area contributed by atoms with Crippen LogP contribution >= 0.6 is 0 Å². The first kappa shape index (κ1) is 22.2. The van der Waals surface area contributed by atoms with Crippen molar-refractivity contribution >= 4 is 11.8 Å². The molecule has 0 aromatic carbocycles. The van der Waals surface area contributed by atoms with Crippen molar-refractivity contribution in [3.8, 4) is 0 Å². The van der Waals surface area contributed by atoms with Crippen LogP contribution in [0.2, 0.25) is 0 Å². The minimum absolute atomic E-state index is 0.0178. The lowest BCUT2D eigenvalue weighted by Gasteiger charge is -2.41. The largest absolute Gasteiger partial charge is 0.379 e. The number of hydrogen-bond acceptors (Lipinski definition) is 8. The Labute approximate surface area is 175 Å². The van der Waals surface area contributed by atoms with Gasteiger partial charge in [-0.1, -0.05) is 0 Å². The first-order chi connectivity index (χ1) is 13.8. The van der Waals surface area contributed by atoms with Crippen molar-refractivity contribution < 1.29 is 9.47 Å². The van der Waals surface area contributed by atoms with Crippen LogP contribution in [0, 0.1) is 6.92 Å². The number of nitrogens with one attached hydrogen (secondary N) is 2. The number of ether oxygens (including phenoxy) is 2. The third-order valence-corrected chi connectivity index (χ3v) is 6.07. The van der Waals surface area contributed by atoms with E-state index in [0.29, 0.717) is 5.95 Å². The predicted molar refractivity (Wildman–Crippen MR) is 117 cm³/mol. The summed E-state index contributed by atoms with van der Waals surface area (Å²) in [5.74, 6) is 1.57. The van der Waals surface area contributed by atoms with E-state index >= 15 is 0 Å². The van der Waals surface area contributed by atoms with E-state index in [-0.39, 0.29) is 11.1 Å². The number of aromatic nitrogens is 2. The summed E-state index contributed by atoms with van der Waals surface area (Å²) >= 11 is 0. The normalized spacial score (nSPS) is 19.9. The van der Waals surface area contributed by atoms with E-state index in [1.807, 2.05) is 13.1 Å². The summed E-state index contributed by atoms with van der Waals surface area (Å²) < 4.78 is 11.0. The zero-order valence-electron chi connectivity index (χ0n) is 18.8. The van der Waals surface area contributed by atoms with Gasteiger partial charge in [0, 0.05) is 62.1 Å². The van der Waals surface area contributed by atoms with Gasteiger partial charge in [0.25, 0.3) is 0 Å². The van der Waals surface area contributed by atoms with Gasteiger partial charge < -0.3 is 20.1 Å². The van der Waals surface area contributed by atoms with Crippen molar-refractivity contribution in [1.82, 2.24) is 19.8 Å². The number of nitrogens with zero attached hydrogens (tertiary/aromatic N) is 4. The fourth-order valence-electron chi connectivity index (χ4n) is 3.86. The van der Waals surface area contributed by atoms with Crippen LogP contribution in [0.15, 0.2) is 6.20 Å². The molecule has 164 valence electrons. The topological polar surface area (TPSA) is 74.8 Å². The predicted octanol–water partition coefficient (Wildman–Crippen LogP) is 1.83. The number of morpholine rings is 2. The minimum atomic E-state index is 0.0178. The Balaban J connectivity index is 1.57. The molecular weight excluding hydrogens is 368 g/mol. The average Bonchev–Trinajstić information content (AvgIpc) is 2.73. The van der Waals surface area contributed by atoms with E-state index in [9.17, 15) is 0 Å². The van der Waals surface area contributed by atoms with Crippen molar-refractivity contribution in [3.63, 3.8) is 0 Å². The van der Waals surface area contributed by atoms with Crippen molar-refractivity contribution in [2.24, 2.45) is 0 Å². The van der Waals surface area contributed by atoms with Gasteiger partial charge in [0.2, 0.25) is 5.95 Å². The second kappa shape index (κ2) is 9.55. The van der Waals surface area contributed by atoms with Gasteiger partial charge in [-0.2, -0.15) is 4.98 Å².